The molecule has 2 aliphatic rings. The molecule has 5 nitrogen and oxygen atoms in total. The highest BCUT2D eigenvalue weighted by Crippen LogP contribution is 2.43. The molecule has 10 heteroatoms. The third kappa shape index (κ3) is 3.93. The highest BCUT2D eigenvalue weighted by atomic mass is 32.2. The lowest BCUT2D eigenvalue weighted by atomic mass is 10.2. The Hall–Kier alpha value is -2.33. The molecular formula is C18H14F3N3O2S2. The normalized spacial score (nSPS) is 18.8. The van der Waals surface area contributed by atoms with Crippen molar-refractivity contribution in [1.82, 2.24) is 5.43 Å². The van der Waals surface area contributed by atoms with Crippen molar-refractivity contribution in [3.8, 4) is 0 Å². The maximum absolute atomic E-state index is 13.0. The quantitative estimate of drug-likeness (QED) is 0.738. The lowest BCUT2D eigenvalue weighted by molar-refractivity contribution is -0.137. The van der Waals surface area contributed by atoms with Crippen LogP contribution in [0.4, 0.5) is 18.9 Å². The van der Waals surface area contributed by atoms with E-state index in [0.717, 1.165) is 46.5 Å². The average molecular weight is 425 g/mol. The van der Waals surface area contributed by atoms with Crippen LogP contribution < -0.4 is 10.3 Å². The number of thioether (sulfide) groups is 1. The maximum Gasteiger partial charge on any atom is 0.416 e. The van der Waals surface area contributed by atoms with Crippen LogP contribution >= 0.6 is 23.1 Å². The van der Waals surface area contributed by atoms with Crippen LogP contribution in [-0.2, 0) is 11.0 Å². The van der Waals surface area contributed by atoms with Gasteiger partial charge in [0.15, 0.2) is 5.17 Å². The minimum Gasteiger partial charge on any atom is -0.273 e. The molecule has 1 aliphatic heterocycles. The van der Waals surface area contributed by atoms with Crippen molar-refractivity contribution in [2.75, 3.05) is 10.7 Å². The van der Waals surface area contributed by atoms with Gasteiger partial charge in [0.25, 0.3) is 5.91 Å². The molecule has 4 rings (SSSR count). The Kier molecular flexibility index (Phi) is 4.92. The predicted octanol–water partition coefficient (Wildman–Crippen LogP) is 4.43. The molecule has 146 valence electrons. The monoisotopic (exact) mass is 425 g/mol. The Balaban J connectivity index is 1.53. The van der Waals surface area contributed by atoms with Crippen molar-refractivity contribution < 1.29 is 22.8 Å². The molecule has 1 aromatic heterocycles. The Morgan fingerprint density at radius 3 is 2.71 bits per heavy atom. The summed E-state index contributed by atoms with van der Waals surface area (Å²) in [7, 11) is 0. The SMILES string of the molecule is O=C(N/N=C1/SCC(=O)N1c1cccc(C(F)(F)F)c1)c1ccc(C2CC2)s1. The van der Waals surface area contributed by atoms with E-state index in [1.54, 1.807) is 6.07 Å². The van der Waals surface area contributed by atoms with Crippen molar-refractivity contribution in [1.29, 1.82) is 0 Å². The number of alkyl halides is 3. The topological polar surface area (TPSA) is 61.8 Å². The standard InChI is InChI=1S/C18H14F3N3O2S2/c19-18(20,21)11-2-1-3-12(8-11)24-15(25)9-27-17(24)23-22-16(26)14-7-6-13(28-14)10-4-5-10/h1-3,6-8,10H,4-5,9H2,(H,22,26)/b23-17+. The minimum absolute atomic E-state index is 0.0375. The first-order chi connectivity index (χ1) is 13.3. The first-order valence-corrected chi connectivity index (χ1v) is 10.2. The minimum atomic E-state index is -4.52. The molecule has 0 atom stereocenters. The van der Waals surface area contributed by atoms with Crippen molar-refractivity contribution in [3.63, 3.8) is 0 Å². The van der Waals surface area contributed by atoms with Gasteiger partial charge in [-0.1, -0.05) is 17.8 Å². The molecule has 1 aromatic carbocycles. The molecule has 1 saturated carbocycles. The Bertz CT molecular complexity index is 967. The Morgan fingerprint density at radius 2 is 2.00 bits per heavy atom. The lowest BCUT2D eigenvalue weighted by Gasteiger charge is -2.17. The summed E-state index contributed by atoms with van der Waals surface area (Å²) in [6.07, 6.45) is -2.25. The van der Waals surface area contributed by atoms with E-state index in [1.807, 2.05) is 6.07 Å². The second-order valence-electron chi connectivity index (χ2n) is 6.38. The van der Waals surface area contributed by atoms with Gasteiger partial charge in [-0.25, -0.2) is 5.43 Å². The van der Waals surface area contributed by atoms with E-state index in [4.69, 9.17) is 0 Å². The number of amidine groups is 1. The number of carbonyl (C=O) groups excluding carboxylic acids is 2. The second kappa shape index (κ2) is 7.25. The highest BCUT2D eigenvalue weighted by molar-refractivity contribution is 8.15. The Morgan fingerprint density at radius 1 is 1.21 bits per heavy atom. The average Bonchev–Trinajstić information content (AvgIpc) is 3.27. The van der Waals surface area contributed by atoms with Gasteiger partial charge in [-0.3, -0.25) is 14.5 Å². The fourth-order valence-electron chi connectivity index (χ4n) is 2.74. The first kappa shape index (κ1) is 19.0. The van der Waals surface area contributed by atoms with Crippen LogP contribution in [0.15, 0.2) is 41.5 Å². The smallest absolute Gasteiger partial charge is 0.273 e. The van der Waals surface area contributed by atoms with Crippen LogP contribution in [0.5, 0.6) is 0 Å². The van der Waals surface area contributed by atoms with Gasteiger partial charge in [0.1, 0.15) is 0 Å². The third-order valence-electron chi connectivity index (χ3n) is 4.28. The number of halogens is 3. The fraction of sp³-hybridized carbons (Fsp3) is 0.278. The van der Waals surface area contributed by atoms with Gasteiger partial charge in [0, 0.05) is 4.88 Å². The maximum atomic E-state index is 13.0. The van der Waals surface area contributed by atoms with E-state index in [0.29, 0.717) is 10.8 Å². The van der Waals surface area contributed by atoms with Crippen LogP contribution in [0.1, 0.15) is 38.9 Å². The summed E-state index contributed by atoms with van der Waals surface area (Å²) in [4.78, 5) is 27.2. The molecule has 0 unspecified atom stereocenters. The number of thiophene rings is 1. The summed E-state index contributed by atoms with van der Waals surface area (Å²) in [6, 6.07) is 8.11. The number of anilines is 1. The van der Waals surface area contributed by atoms with Crippen LogP contribution in [0.25, 0.3) is 0 Å². The van der Waals surface area contributed by atoms with Crippen LogP contribution in [-0.4, -0.2) is 22.7 Å². The summed E-state index contributed by atoms with van der Waals surface area (Å²) < 4.78 is 38.9. The third-order valence-corrected chi connectivity index (χ3v) is 6.45. The molecule has 28 heavy (non-hydrogen) atoms. The zero-order valence-electron chi connectivity index (χ0n) is 14.3. The number of hydrogen-bond donors (Lipinski definition) is 1. The largest absolute Gasteiger partial charge is 0.416 e. The molecular weight excluding hydrogens is 411 g/mol. The number of hydrogen-bond acceptors (Lipinski definition) is 5. The molecule has 0 radical (unpaired) electrons. The molecule has 1 N–H and O–H groups in total. The van der Waals surface area contributed by atoms with Crippen molar-refractivity contribution in [2.45, 2.75) is 24.9 Å². The molecule has 2 heterocycles. The lowest BCUT2D eigenvalue weighted by Crippen LogP contribution is -2.31. The molecule has 0 bridgehead atoms. The van der Waals surface area contributed by atoms with E-state index in [1.165, 1.54) is 23.5 Å². The van der Waals surface area contributed by atoms with E-state index in [9.17, 15) is 22.8 Å². The fourth-order valence-corrected chi connectivity index (χ4v) is 4.63. The number of nitrogens with zero attached hydrogens (tertiary/aromatic N) is 2. The van der Waals surface area contributed by atoms with E-state index in [2.05, 4.69) is 10.5 Å². The summed E-state index contributed by atoms with van der Waals surface area (Å²) in [5.74, 6) is -0.231. The second-order valence-corrected chi connectivity index (χ2v) is 8.44. The number of rotatable bonds is 4. The number of hydrazone groups is 1. The van der Waals surface area contributed by atoms with Gasteiger partial charge in [-0.15, -0.1) is 16.4 Å². The number of benzene rings is 1. The zero-order valence-corrected chi connectivity index (χ0v) is 16.0. The zero-order chi connectivity index (χ0) is 19.9. The van der Waals surface area contributed by atoms with Gasteiger partial charge >= 0.3 is 6.18 Å². The van der Waals surface area contributed by atoms with E-state index >= 15 is 0 Å². The van der Waals surface area contributed by atoms with E-state index in [-0.39, 0.29) is 16.6 Å². The molecule has 2 fully saturated rings. The molecule has 2 aromatic rings. The molecule has 1 aliphatic carbocycles. The summed E-state index contributed by atoms with van der Waals surface area (Å²) in [5.41, 5.74) is 1.60. The summed E-state index contributed by atoms with van der Waals surface area (Å²) >= 11 is 2.46. The summed E-state index contributed by atoms with van der Waals surface area (Å²) in [5, 5.41) is 4.12. The van der Waals surface area contributed by atoms with Gasteiger partial charge in [0.2, 0.25) is 5.91 Å². The molecule has 2 amide bonds. The Labute approximate surface area is 166 Å². The van der Waals surface area contributed by atoms with Crippen molar-refractivity contribution in [3.05, 3.63) is 51.7 Å². The predicted molar refractivity (Wildman–Crippen MR) is 103 cm³/mol. The highest BCUT2D eigenvalue weighted by Gasteiger charge is 2.34. The van der Waals surface area contributed by atoms with Crippen LogP contribution in [0, 0.1) is 0 Å². The van der Waals surface area contributed by atoms with Crippen molar-refractivity contribution in [2.24, 2.45) is 5.10 Å². The van der Waals surface area contributed by atoms with Gasteiger partial charge < -0.3 is 0 Å². The number of nitrogens with one attached hydrogen (secondary N) is 1. The van der Waals surface area contributed by atoms with Crippen LogP contribution in [0.2, 0.25) is 0 Å². The number of carbonyl (C=O) groups is 2. The molecule has 0 spiro atoms. The van der Waals surface area contributed by atoms with Gasteiger partial charge in [0.05, 0.1) is 21.9 Å². The summed E-state index contributed by atoms with van der Waals surface area (Å²) in [6.45, 7) is 0. The van der Waals surface area contributed by atoms with E-state index < -0.39 is 23.6 Å². The molecule has 1 saturated heterocycles. The van der Waals surface area contributed by atoms with Gasteiger partial charge in [-0.05, 0) is 49.1 Å². The van der Waals surface area contributed by atoms with Crippen LogP contribution in [0.3, 0.4) is 0 Å². The van der Waals surface area contributed by atoms with Gasteiger partial charge in [-0.2, -0.15) is 13.2 Å². The number of amides is 2. The first-order valence-electron chi connectivity index (χ1n) is 8.44. The van der Waals surface area contributed by atoms with Crippen molar-refractivity contribution >= 4 is 45.8 Å².